The van der Waals surface area contributed by atoms with Gasteiger partial charge in [-0.1, -0.05) is 29.8 Å². The van der Waals surface area contributed by atoms with Crippen LogP contribution in [0.5, 0.6) is 0 Å². The molecule has 2 aromatic carbocycles. The van der Waals surface area contributed by atoms with Gasteiger partial charge in [0.15, 0.2) is 0 Å². The van der Waals surface area contributed by atoms with E-state index < -0.39 is 0 Å². The molecule has 2 N–H and O–H groups in total. The van der Waals surface area contributed by atoms with Crippen LogP contribution in [0.4, 0.5) is 5.69 Å². The number of para-hydroxylation sites is 2. The molecule has 1 saturated heterocycles. The number of nitrogens with zero attached hydrogens (tertiary/aromatic N) is 2. The summed E-state index contributed by atoms with van der Waals surface area (Å²) in [5.74, 6) is 1.41. The van der Waals surface area contributed by atoms with Crippen molar-refractivity contribution in [3.05, 3.63) is 59.9 Å². The number of aromatic nitrogens is 2. The van der Waals surface area contributed by atoms with Crippen molar-refractivity contribution < 1.29 is 4.79 Å². The van der Waals surface area contributed by atoms with E-state index in [9.17, 15) is 4.79 Å². The smallest absolute Gasteiger partial charge is 0.224 e. The first kappa shape index (κ1) is 17.3. The van der Waals surface area contributed by atoms with Gasteiger partial charge in [-0.15, -0.1) is 0 Å². The van der Waals surface area contributed by atoms with E-state index in [2.05, 4.69) is 51.4 Å². The van der Waals surface area contributed by atoms with Gasteiger partial charge in [0.2, 0.25) is 5.91 Å². The van der Waals surface area contributed by atoms with Crippen LogP contribution in [0.3, 0.4) is 0 Å². The number of nitrogens with one attached hydrogen (secondary N) is 2. The Morgan fingerprint density at radius 2 is 2.00 bits per heavy atom. The summed E-state index contributed by atoms with van der Waals surface area (Å²) in [5.41, 5.74) is 4.54. The summed E-state index contributed by atoms with van der Waals surface area (Å²) in [5, 5.41) is 3.30. The standard InChI is InChI=1S/C23H26N4O/c1-15-8-10-17(11-9-15)27-12-4-5-16(14-27)24-23(28)19-13-18(19)22-25-20-6-2-3-7-21(20)26-22/h2-3,6-11,16,18-19H,4-5,12-14H2,1H3,(H,24,28)(H,25,26)/t16-,18+,19+/m1/s1. The van der Waals surface area contributed by atoms with Crippen LogP contribution in [0.2, 0.25) is 0 Å². The molecule has 2 aliphatic rings. The molecular formula is C23H26N4O. The molecule has 5 rings (SSSR count). The second kappa shape index (κ2) is 6.97. The van der Waals surface area contributed by atoms with Crippen LogP contribution >= 0.6 is 0 Å². The van der Waals surface area contributed by atoms with Crippen LogP contribution in [-0.4, -0.2) is 35.0 Å². The zero-order valence-corrected chi connectivity index (χ0v) is 16.2. The van der Waals surface area contributed by atoms with E-state index in [1.54, 1.807) is 0 Å². The number of fused-ring (bicyclic) bond motifs is 1. The van der Waals surface area contributed by atoms with Crippen molar-refractivity contribution >= 4 is 22.6 Å². The van der Waals surface area contributed by atoms with E-state index in [0.717, 1.165) is 49.2 Å². The number of carbonyl (C=O) groups is 1. The summed E-state index contributed by atoms with van der Waals surface area (Å²) < 4.78 is 0. The van der Waals surface area contributed by atoms with Crippen LogP contribution in [-0.2, 0) is 4.79 Å². The molecule has 0 spiro atoms. The van der Waals surface area contributed by atoms with Crippen molar-refractivity contribution in [1.82, 2.24) is 15.3 Å². The molecule has 144 valence electrons. The Hall–Kier alpha value is -2.82. The van der Waals surface area contributed by atoms with Gasteiger partial charge in [-0.05, 0) is 50.5 Å². The first-order valence-corrected chi connectivity index (χ1v) is 10.2. The Balaban J connectivity index is 1.20. The second-order valence-corrected chi connectivity index (χ2v) is 8.22. The largest absolute Gasteiger partial charge is 0.369 e. The number of rotatable bonds is 4. The Bertz CT molecular complexity index is 960. The fourth-order valence-corrected chi connectivity index (χ4v) is 4.33. The number of H-pyrrole nitrogens is 1. The first-order chi connectivity index (χ1) is 13.7. The molecular weight excluding hydrogens is 348 g/mol. The van der Waals surface area contributed by atoms with Crippen molar-refractivity contribution in [3.8, 4) is 0 Å². The number of benzene rings is 2. The first-order valence-electron chi connectivity index (χ1n) is 10.2. The fraction of sp³-hybridized carbons (Fsp3) is 0.391. The Morgan fingerprint density at radius 3 is 2.82 bits per heavy atom. The summed E-state index contributed by atoms with van der Waals surface area (Å²) in [6.07, 6.45) is 3.05. The lowest BCUT2D eigenvalue weighted by Crippen LogP contribution is -2.48. The van der Waals surface area contributed by atoms with Gasteiger partial charge in [0.1, 0.15) is 5.82 Å². The van der Waals surface area contributed by atoms with Gasteiger partial charge < -0.3 is 15.2 Å². The number of imidazole rings is 1. The maximum absolute atomic E-state index is 12.8. The van der Waals surface area contributed by atoms with E-state index >= 15 is 0 Å². The lowest BCUT2D eigenvalue weighted by molar-refractivity contribution is -0.123. The minimum atomic E-state index is 0.0512. The van der Waals surface area contributed by atoms with E-state index in [0.29, 0.717) is 0 Å². The van der Waals surface area contributed by atoms with Gasteiger partial charge in [0.25, 0.3) is 0 Å². The third-order valence-corrected chi connectivity index (χ3v) is 6.05. The predicted octanol–water partition coefficient (Wildman–Crippen LogP) is 3.76. The van der Waals surface area contributed by atoms with Gasteiger partial charge in [0, 0.05) is 36.7 Å². The van der Waals surface area contributed by atoms with Gasteiger partial charge >= 0.3 is 0 Å². The SMILES string of the molecule is Cc1ccc(N2CCC[C@@H](NC(=O)[C@H]3C[C@@H]3c3nc4ccccc4[nH]3)C2)cc1. The average molecular weight is 374 g/mol. The number of piperidine rings is 1. The van der Waals surface area contributed by atoms with Crippen LogP contribution in [0.1, 0.15) is 36.6 Å². The predicted molar refractivity (Wildman–Crippen MR) is 111 cm³/mol. The average Bonchev–Trinajstić information content (AvgIpc) is 3.40. The van der Waals surface area contributed by atoms with E-state index in [1.165, 1.54) is 11.3 Å². The zero-order valence-electron chi connectivity index (χ0n) is 16.2. The van der Waals surface area contributed by atoms with Crippen LogP contribution in [0, 0.1) is 12.8 Å². The van der Waals surface area contributed by atoms with Gasteiger partial charge in [-0.3, -0.25) is 4.79 Å². The molecule has 5 heteroatoms. The highest BCUT2D eigenvalue weighted by molar-refractivity contribution is 5.83. The van der Waals surface area contributed by atoms with Crippen LogP contribution in [0.15, 0.2) is 48.5 Å². The van der Waals surface area contributed by atoms with Crippen molar-refractivity contribution in [3.63, 3.8) is 0 Å². The normalized spacial score (nSPS) is 24.3. The maximum atomic E-state index is 12.8. The molecule has 1 aliphatic carbocycles. The molecule has 0 unspecified atom stereocenters. The van der Waals surface area contributed by atoms with E-state index in [-0.39, 0.29) is 23.8 Å². The second-order valence-electron chi connectivity index (χ2n) is 8.22. The maximum Gasteiger partial charge on any atom is 0.224 e. The summed E-state index contributed by atoms with van der Waals surface area (Å²) >= 11 is 0. The number of carbonyl (C=O) groups excluding carboxylic acids is 1. The molecule has 1 aliphatic heterocycles. The third kappa shape index (κ3) is 3.37. The van der Waals surface area contributed by atoms with Crippen LogP contribution in [0.25, 0.3) is 11.0 Å². The quantitative estimate of drug-likeness (QED) is 0.731. The number of hydrogen-bond donors (Lipinski definition) is 2. The summed E-state index contributed by atoms with van der Waals surface area (Å²) in [7, 11) is 0. The molecule has 1 saturated carbocycles. The number of aromatic amines is 1. The monoisotopic (exact) mass is 374 g/mol. The summed E-state index contributed by atoms with van der Waals surface area (Å²) in [6, 6.07) is 16.9. The highest BCUT2D eigenvalue weighted by atomic mass is 16.2. The van der Waals surface area contributed by atoms with Crippen LogP contribution < -0.4 is 10.2 Å². The third-order valence-electron chi connectivity index (χ3n) is 6.05. The molecule has 3 aromatic rings. The zero-order chi connectivity index (χ0) is 19.1. The highest BCUT2D eigenvalue weighted by Gasteiger charge is 2.46. The molecule has 28 heavy (non-hydrogen) atoms. The van der Waals surface area contributed by atoms with Gasteiger partial charge in [-0.25, -0.2) is 4.98 Å². The molecule has 0 bridgehead atoms. The van der Waals surface area contributed by atoms with Gasteiger partial charge in [-0.2, -0.15) is 0 Å². The van der Waals surface area contributed by atoms with E-state index in [4.69, 9.17) is 0 Å². The molecule has 1 amide bonds. The minimum absolute atomic E-state index is 0.0512. The number of hydrogen-bond acceptors (Lipinski definition) is 3. The summed E-state index contributed by atoms with van der Waals surface area (Å²) in [6.45, 7) is 4.05. The molecule has 1 aromatic heterocycles. The topological polar surface area (TPSA) is 61.0 Å². The Kier molecular flexibility index (Phi) is 4.30. The number of aryl methyl sites for hydroxylation is 1. The van der Waals surface area contributed by atoms with E-state index in [1.807, 2.05) is 24.3 Å². The summed E-state index contributed by atoms with van der Waals surface area (Å²) in [4.78, 5) is 23.2. The molecule has 5 nitrogen and oxygen atoms in total. The Labute approximate surface area is 165 Å². The molecule has 2 fully saturated rings. The lowest BCUT2D eigenvalue weighted by Gasteiger charge is -2.35. The van der Waals surface area contributed by atoms with Gasteiger partial charge in [0.05, 0.1) is 11.0 Å². The van der Waals surface area contributed by atoms with Crippen molar-refractivity contribution in [1.29, 1.82) is 0 Å². The minimum Gasteiger partial charge on any atom is -0.369 e. The number of anilines is 1. The lowest BCUT2D eigenvalue weighted by atomic mass is 10.0. The molecule has 2 heterocycles. The Morgan fingerprint density at radius 1 is 1.18 bits per heavy atom. The molecule has 3 atom stereocenters. The highest BCUT2D eigenvalue weighted by Crippen LogP contribution is 2.46. The van der Waals surface area contributed by atoms with Crippen molar-refractivity contribution in [2.45, 2.75) is 38.1 Å². The fourth-order valence-electron chi connectivity index (χ4n) is 4.33. The van der Waals surface area contributed by atoms with Crippen molar-refractivity contribution in [2.75, 3.05) is 18.0 Å². The van der Waals surface area contributed by atoms with Crippen molar-refractivity contribution in [2.24, 2.45) is 5.92 Å². The molecule has 0 radical (unpaired) electrons. The number of amides is 1.